The van der Waals surface area contributed by atoms with Crippen LogP contribution in [0.3, 0.4) is 0 Å². The van der Waals surface area contributed by atoms with E-state index in [-0.39, 0.29) is 5.91 Å². The fourth-order valence-electron chi connectivity index (χ4n) is 1.21. The Morgan fingerprint density at radius 3 is 3.00 bits per heavy atom. The van der Waals surface area contributed by atoms with Crippen LogP contribution in [-0.4, -0.2) is 16.1 Å². The minimum Gasteiger partial charge on any atom is -0.397 e. The SMILES string of the molecule is Nc1ccc(Cl)cc1NC(=O)c1cn[nH]c1. The molecule has 2 aromatic rings. The van der Waals surface area contributed by atoms with Gasteiger partial charge in [0.15, 0.2) is 0 Å². The van der Waals surface area contributed by atoms with Gasteiger partial charge in [0.25, 0.3) is 5.91 Å². The molecule has 0 saturated heterocycles. The maximum atomic E-state index is 11.7. The van der Waals surface area contributed by atoms with Crippen LogP contribution in [-0.2, 0) is 0 Å². The van der Waals surface area contributed by atoms with E-state index >= 15 is 0 Å². The van der Waals surface area contributed by atoms with E-state index in [4.69, 9.17) is 17.3 Å². The highest BCUT2D eigenvalue weighted by atomic mass is 35.5. The number of carbonyl (C=O) groups excluding carboxylic acids is 1. The molecule has 4 N–H and O–H groups in total. The van der Waals surface area contributed by atoms with Crippen LogP contribution in [0, 0.1) is 0 Å². The van der Waals surface area contributed by atoms with Crippen molar-refractivity contribution in [1.82, 2.24) is 10.2 Å². The highest BCUT2D eigenvalue weighted by Gasteiger charge is 2.09. The molecule has 0 unspecified atom stereocenters. The number of benzene rings is 1. The van der Waals surface area contributed by atoms with Gasteiger partial charge in [0.2, 0.25) is 0 Å². The quantitative estimate of drug-likeness (QED) is 0.697. The number of hydrogen-bond donors (Lipinski definition) is 3. The van der Waals surface area contributed by atoms with Crippen LogP contribution >= 0.6 is 11.6 Å². The Hall–Kier alpha value is -2.01. The summed E-state index contributed by atoms with van der Waals surface area (Å²) in [6, 6.07) is 4.88. The van der Waals surface area contributed by atoms with Crippen molar-refractivity contribution in [3.05, 3.63) is 41.2 Å². The van der Waals surface area contributed by atoms with Gasteiger partial charge < -0.3 is 11.1 Å². The predicted molar refractivity (Wildman–Crippen MR) is 62.4 cm³/mol. The van der Waals surface area contributed by atoms with Gasteiger partial charge in [-0.3, -0.25) is 9.89 Å². The number of aromatic amines is 1. The zero-order valence-corrected chi connectivity index (χ0v) is 8.95. The molecule has 0 saturated carbocycles. The summed E-state index contributed by atoms with van der Waals surface area (Å²) in [5.74, 6) is -0.289. The Bertz CT molecular complexity index is 510. The van der Waals surface area contributed by atoms with Crippen molar-refractivity contribution in [2.24, 2.45) is 0 Å². The number of H-pyrrole nitrogens is 1. The average Bonchev–Trinajstić information content (AvgIpc) is 2.76. The summed E-state index contributed by atoms with van der Waals surface area (Å²) in [6.07, 6.45) is 2.92. The number of hydrogen-bond acceptors (Lipinski definition) is 3. The second-order valence-corrected chi connectivity index (χ2v) is 3.61. The fraction of sp³-hybridized carbons (Fsp3) is 0. The molecule has 0 bridgehead atoms. The van der Waals surface area contributed by atoms with Crippen molar-refractivity contribution >= 4 is 28.9 Å². The molecule has 0 aliphatic carbocycles. The molecule has 0 radical (unpaired) electrons. The third-order valence-electron chi connectivity index (χ3n) is 2.02. The van der Waals surface area contributed by atoms with E-state index < -0.39 is 0 Å². The van der Waals surface area contributed by atoms with Crippen molar-refractivity contribution in [2.45, 2.75) is 0 Å². The molecule has 0 aliphatic heterocycles. The van der Waals surface area contributed by atoms with Crippen LogP contribution in [0.25, 0.3) is 0 Å². The topological polar surface area (TPSA) is 83.8 Å². The van der Waals surface area contributed by atoms with Crippen molar-refractivity contribution in [2.75, 3.05) is 11.1 Å². The fourth-order valence-corrected chi connectivity index (χ4v) is 1.38. The summed E-state index contributed by atoms with van der Waals surface area (Å²) in [7, 11) is 0. The lowest BCUT2D eigenvalue weighted by Gasteiger charge is -2.07. The van der Waals surface area contributed by atoms with E-state index in [1.165, 1.54) is 12.4 Å². The molecule has 0 atom stereocenters. The summed E-state index contributed by atoms with van der Waals surface area (Å²) in [6.45, 7) is 0. The van der Waals surface area contributed by atoms with E-state index in [0.29, 0.717) is 22.0 Å². The first kappa shape index (κ1) is 10.5. The molecule has 1 aromatic carbocycles. The van der Waals surface area contributed by atoms with Gasteiger partial charge in [0.1, 0.15) is 0 Å². The van der Waals surface area contributed by atoms with Gasteiger partial charge in [-0.15, -0.1) is 0 Å². The number of nitrogens with two attached hydrogens (primary N) is 1. The lowest BCUT2D eigenvalue weighted by Crippen LogP contribution is -2.12. The Labute approximate surface area is 96.6 Å². The highest BCUT2D eigenvalue weighted by molar-refractivity contribution is 6.31. The number of anilines is 2. The Kier molecular flexibility index (Phi) is 2.78. The monoisotopic (exact) mass is 236 g/mol. The molecule has 0 aliphatic rings. The second kappa shape index (κ2) is 4.24. The number of halogens is 1. The first-order valence-corrected chi connectivity index (χ1v) is 4.90. The smallest absolute Gasteiger partial charge is 0.258 e. The van der Waals surface area contributed by atoms with Crippen LogP contribution in [0.1, 0.15) is 10.4 Å². The number of amides is 1. The van der Waals surface area contributed by atoms with E-state index in [0.717, 1.165) is 0 Å². The summed E-state index contributed by atoms with van der Waals surface area (Å²) < 4.78 is 0. The molecule has 2 rings (SSSR count). The number of rotatable bonds is 2. The molecule has 6 heteroatoms. The summed E-state index contributed by atoms with van der Waals surface area (Å²) >= 11 is 5.80. The van der Waals surface area contributed by atoms with E-state index in [1.807, 2.05) is 0 Å². The predicted octanol–water partition coefficient (Wildman–Crippen LogP) is 1.90. The van der Waals surface area contributed by atoms with Crippen LogP contribution in [0.5, 0.6) is 0 Å². The minimum atomic E-state index is -0.289. The number of nitrogens with zero attached hydrogens (tertiary/aromatic N) is 1. The zero-order valence-electron chi connectivity index (χ0n) is 8.20. The van der Waals surface area contributed by atoms with E-state index in [9.17, 15) is 4.79 Å². The maximum Gasteiger partial charge on any atom is 0.258 e. The molecule has 82 valence electrons. The number of nitrogens with one attached hydrogen (secondary N) is 2. The molecule has 0 fully saturated rings. The molecule has 5 nitrogen and oxygen atoms in total. The van der Waals surface area contributed by atoms with Crippen molar-refractivity contribution in [1.29, 1.82) is 0 Å². The van der Waals surface area contributed by atoms with Gasteiger partial charge in [0, 0.05) is 11.2 Å². The first-order chi connectivity index (χ1) is 7.66. The van der Waals surface area contributed by atoms with Crippen molar-refractivity contribution in [3.63, 3.8) is 0 Å². The Morgan fingerprint density at radius 1 is 1.50 bits per heavy atom. The largest absolute Gasteiger partial charge is 0.397 e. The lowest BCUT2D eigenvalue weighted by atomic mass is 10.2. The minimum absolute atomic E-state index is 0.289. The van der Waals surface area contributed by atoms with Gasteiger partial charge in [0.05, 0.1) is 23.1 Å². The second-order valence-electron chi connectivity index (χ2n) is 3.17. The zero-order chi connectivity index (χ0) is 11.5. The molecule has 1 aromatic heterocycles. The molecular weight excluding hydrogens is 228 g/mol. The van der Waals surface area contributed by atoms with E-state index in [1.54, 1.807) is 18.2 Å². The molecule has 1 heterocycles. The summed E-state index contributed by atoms with van der Waals surface area (Å²) in [4.78, 5) is 11.7. The summed E-state index contributed by atoms with van der Waals surface area (Å²) in [5.41, 5.74) is 7.07. The van der Waals surface area contributed by atoms with Gasteiger partial charge in [-0.2, -0.15) is 5.10 Å². The highest BCUT2D eigenvalue weighted by Crippen LogP contribution is 2.23. The van der Waals surface area contributed by atoms with Crippen LogP contribution in [0.2, 0.25) is 5.02 Å². The van der Waals surface area contributed by atoms with E-state index in [2.05, 4.69) is 15.5 Å². The molecule has 16 heavy (non-hydrogen) atoms. The summed E-state index contributed by atoms with van der Waals surface area (Å²) in [5, 5.41) is 9.39. The lowest BCUT2D eigenvalue weighted by molar-refractivity contribution is 0.102. The number of aromatic nitrogens is 2. The van der Waals surface area contributed by atoms with Crippen LogP contribution in [0.15, 0.2) is 30.6 Å². The third-order valence-corrected chi connectivity index (χ3v) is 2.26. The standard InChI is InChI=1S/C10H9ClN4O/c11-7-1-2-8(12)9(3-7)15-10(16)6-4-13-14-5-6/h1-5H,12H2,(H,13,14)(H,15,16). The van der Waals surface area contributed by atoms with Crippen LogP contribution in [0.4, 0.5) is 11.4 Å². The molecule has 0 spiro atoms. The normalized spacial score (nSPS) is 10.1. The molecular formula is C10H9ClN4O. The van der Waals surface area contributed by atoms with Gasteiger partial charge >= 0.3 is 0 Å². The number of nitrogen functional groups attached to an aromatic ring is 1. The number of carbonyl (C=O) groups is 1. The van der Waals surface area contributed by atoms with Gasteiger partial charge in [-0.05, 0) is 18.2 Å². The Balaban J connectivity index is 2.21. The van der Waals surface area contributed by atoms with Crippen molar-refractivity contribution in [3.8, 4) is 0 Å². The maximum absolute atomic E-state index is 11.7. The molecule has 1 amide bonds. The first-order valence-electron chi connectivity index (χ1n) is 4.52. The average molecular weight is 237 g/mol. The van der Waals surface area contributed by atoms with Crippen molar-refractivity contribution < 1.29 is 4.79 Å². The van der Waals surface area contributed by atoms with Crippen LogP contribution < -0.4 is 11.1 Å². The van der Waals surface area contributed by atoms with Gasteiger partial charge in [-0.1, -0.05) is 11.6 Å². The van der Waals surface area contributed by atoms with Gasteiger partial charge in [-0.25, -0.2) is 0 Å². The Morgan fingerprint density at radius 2 is 2.31 bits per heavy atom. The third kappa shape index (κ3) is 2.14.